The molecule has 3 rings (SSSR count). The molecule has 12 heteroatoms. The number of carbonyl (C=O) groups excluding carboxylic acids is 6. The van der Waals surface area contributed by atoms with E-state index in [1.807, 2.05) is 0 Å². The van der Waals surface area contributed by atoms with Crippen LogP contribution < -0.4 is 0 Å². The minimum Gasteiger partial charge on any atom is -0.456 e. The van der Waals surface area contributed by atoms with Gasteiger partial charge in [0, 0.05) is 27.7 Å². The summed E-state index contributed by atoms with van der Waals surface area (Å²) in [5, 5.41) is 0. The van der Waals surface area contributed by atoms with Gasteiger partial charge in [-0.05, 0) is 12.1 Å². The Morgan fingerprint density at radius 3 is 1.65 bits per heavy atom. The van der Waals surface area contributed by atoms with Crippen molar-refractivity contribution in [3.63, 3.8) is 0 Å². The molecule has 182 valence electrons. The van der Waals surface area contributed by atoms with Crippen molar-refractivity contribution in [1.82, 2.24) is 4.90 Å². The molecule has 0 saturated carbocycles. The molecular formula is C22H23NO11. The monoisotopic (exact) mass is 477 g/mol. The van der Waals surface area contributed by atoms with Gasteiger partial charge >= 0.3 is 23.9 Å². The molecular weight excluding hydrogens is 454 g/mol. The maximum atomic E-state index is 12.8. The smallest absolute Gasteiger partial charge is 0.305 e. The van der Waals surface area contributed by atoms with E-state index in [0.29, 0.717) is 0 Å². The van der Waals surface area contributed by atoms with Gasteiger partial charge in [-0.25, -0.2) is 0 Å². The van der Waals surface area contributed by atoms with E-state index in [0.717, 1.165) is 32.6 Å². The van der Waals surface area contributed by atoms with Crippen LogP contribution in [0.25, 0.3) is 0 Å². The zero-order valence-corrected chi connectivity index (χ0v) is 18.8. The zero-order chi connectivity index (χ0) is 25.2. The van der Waals surface area contributed by atoms with Crippen LogP contribution in [0, 0.1) is 0 Å². The predicted molar refractivity (Wildman–Crippen MR) is 109 cm³/mol. The molecule has 0 N–H and O–H groups in total. The predicted octanol–water partition coefficient (Wildman–Crippen LogP) is 0.366. The number of fused-ring (bicyclic) bond motifs is 1. The molecule has 2 aliphatic heterocycles. The molecule has 2 aliphatic rings. The number of imide groups is 1. The summed E-state index contributed by atoms with van der Waals surface area (Å²) in [5.41, 5.74) is 0.358. The highest BCUT2D eigenvalue weighted by atomic mass is 16.7. The summed E-state index contributed by atoms with van der Waals surface area (Å²) in [6, 6.07) is 6.18. The Balaban J connectivity index is 1.99. The summed E-state index contributed by atoms with van der Waals surface area (Å²) >= 11 is 0. The highest BCUT2D eigenvalue weighted by Crippen LogP contribution is 2.32. The summed E-state index contributed by atoms with van der Waals surface area (Å²) in [6.45, 7) is 3.87. The molecule has 12 nitrogen and oxygen atoms in total. The molecule has 1 fully saturated rings. The molecule has 2 amide bonds. The Morgan fingerprint density at radius 1 is 0.735 bits per heavy atom. The number of carbonyl (C=O) groups is 6. The molecule has 0 unspecified atom stereocenters. The van der Waals surface area contributed by atoms with Gasteiger partial charge in [0.25, 0.3) is 11.8 Å². The second kappa shape index (κ2) is 10.00. The maximum Gasteiger partial charge on any atom is 0.305 e. The third-order valence-electron chi connectivity index (χ3n) is 5.02. The molecule has 0 radical (unpaired) electrons. The van der Waals surface area contributed by atoms with E-state index in [1.165, 1.54) is 12.1 Å². The molecule has 5 atom stereocenters. The lowest BCUT2D eigenvalue weighted by atomic mass is 9.97. The molecule has 0 bridgehead atoms. The number of nitrogens with zero attached hydrogens (tertiary/aromatic N) is 1. The average Bonchev–Trinajstić information content (AvgIpc) is 2.97. The second-order valence-electron chi connectivity index (χ2n) is 7.64. The lowest BCUT2D eigenvalue weighted by Crippen LogP contribution is -2.64. The van der Waals surface area contributed by atoms with Crippen molar-refractivity contribution < 1.29 is 52.5 Å². The lowest BCUT2D eigenvalue weighted by Gasteiger charge is -2.44. The summed E-state index contributed by atoms with van der Waals surface area (Å²) < 4.78 is 26.7. The van der Waals surface area contributed by atoms with Crippen molar-refractivity contribution >= 4 is 35.7 Å². The zero-order valence-electron chi connectivity index (χ0n) is 18.8. The van der Waals surface area contributed by atoms with Gasteiger partial charge in [-0.1, -0.05) is 12.1 Å². The topological polar surface area (TPSA) is 152 Å². The van der Waals surface area contributed by atoms with Crippen LogP contribution in [0.4, 0.5) is 0 Å². The number of esters is 4. The first kappa shape index (κ1) is 24.8. The number of rotatable bonds is 6. The van der Waals surface area contributed by atoms with Gasteiger partial charge in [0.15, 0.2) is 12.2 Å². The van der Waals surface area contributed by atoms with Gasteiger partial charge in [-0.15, -0.1) is 0 Å². The van der Waals surface area contributed by atoms with Crippen LogP contribution in [0.1, 0.15) is 48.4 Å². The first-order chi connectivity index (χ1) is 16.0. The van der Waals surface area contributed by atoms with Crippen LogP contribution in [0.15, 0.2) is 24.3 Å². The van der Waals surface area contributed by atoms with E-state index < -0.39 is 72.9 Å². The number of amides is 2. The van der Waals surface area contributed by atoms with Crippen molar-refractivity contribution in [2.75, 3.05) is 6.54 Å². The largest absolute Gasteiger partial charge is 0.456 e. The van der Waals surface area contributed by atoms with Crippen LogP contribution >= 0.6 is 0 Å². The first-order valence-electron chi connectivity index (χ1n) is 10.3. The van der Waals surface area contributed by atoms with Gasteiger partial charge in [0.05, 0.1) is 17.7 Å². The number of benzene rings is 1. The summed E-state index contributed by atoms with van der Waals surface area (Å²) in [5.74, 6) is -4.47. The van der Waals surface area contributed by atoms with Crippen LogP contribution in [0.3, 0.4) is 0 Å². The van der Waals surface area contributed by atoms with E-state index >= 15 is 0 Å². The van der Waals surface area contributed by atoms with Gasteiger partial charge in [0.1, 0.15) is 6.10 Å². The normalized spacial score (nSPS) is 25.9. The molecule has 0 spiro atoms. The minimum absolute atomic E-state index is 0.179. The van der Waals surface area contributed by atoms with E-state index in [1.54, 1.807) is 12.1 Å². The number of ether oxygens (including phenoxy) is 5. The van der Waals surface area contributed by atoms with Crippen molar-refractivity contribution in [2.45, 2.75) is 58.4 Å². The maximum absolute atomic E-state index is 12.8. The fourth-order valence-corrected chi connectivity index (χ4v) is 3.85. The number of hydrogen-bond donors (Lipinski definition) is 0. The molecule has 1 saturated heterocycles. The molecule has 1 aromatic rings. The van der Waals surface area contributed by atoms with E-state index in [2.05, 4.69) is 0 Å². The lowest BCUT2D eigenvalue weighted by molar-refractivity contribution is -0.296. The number of hydrogen-bond acceptors (Lipinski definition) is 11. The van der Waals surface area contributed by atoms with Crippen molar-refractivity contribution in [1.29, 1.82) is 0 Å². The van der Waals surface area contributed by atoms with E-state index in [4.69, 9.17) is 23.7 Å². The van der Waals surface area contributed by atoms with E-state index in [-0.39, 0.29) is 11.1 Å². The fourth-order valence-electron chi connectivity index (χ4n) is 3.85. The molecule has 1 aromatic carbocycles. The van der Waals surface area contributed by atoms with Gasteiger partial charge < -0.3 is 23.7 Å². The summed E-state index contributed by atoms with van der Waals surface area (Å²) in [4.78, 5) is 73.7. The minimum atomic E-state index is -1.59. The Kier molecular flexibility index (Phi) is 7.30. The summed E-state index contributed by atoms with van der Waals surface area (Å²) in [7, 11) is 0. The van der Waals surface area contributed by atoms with Crippen molar-refractivity contribution in [2.24, 2.45) is 0 Å². The molecule has 34 heavy (non-hydrogen) atoms. The standard InChI is InChI=1S/C22H23NO11/c1-10(24)30-17-16(9-23-20(28)14-7-5-6-8-15(14)21(23)29)34-22(33-13(4)27)19(32-12(3)26)18(17)31-11(2)25/h5-8,16-19,22H,9H2,1-4H3/t16-,17+,18+,19-,22+/m1/s1. The van der Waals surface area contributed by atoms with Crippen molar-refractivity contribution in [3.8, 4) is 0 Å². The quantitative estimate of drug-likeness (QED) is 0.317. The Hall–Kier alpha value is -3.80. The Labute approximate surface area is 194 Å². The molecule has 0 aromatic heterocycles. The third-order valence-corrected chi connectivity index (χ3v) is 5.02. The highest BCUT2D eigenvalue weighted by molar-refractivity contribution is 6.21. The molecule has 0 aliphatic carbocycles. The SMILES string of the molecule is CC(=O)O[C@H]1O[C@H](CN2C(=O)c3ccccc3C2=O)[C@H](OC(C)=O)[C@H](OC(C)=O)[C@H]1OC(C)=O. The third kappa shape index (κ3) is 5.22. The molecule has 2 heterocycles. The highest BCUT2D eigenvalue weighted by Gasteiger charge is 2.54. The average molecular weight is 477 g/mol. The van der Waals surface area contributed by atoms with Crippen LogP contribution in [0.5, 0.6) is 0 Å². The van der Waals surface area contributed by atoms with E-state index in [9.17, 15) is 28.8 Å². The van der Waals surface area contributed by atoms with Gasteiger partial charge in [0.2, 0.25) is 12.4 Å². The van der Waals surface area contributed by atoms with Crippen LogP contribution in [-0.4, -0.2) is 77.8 Å². The van der Waals surface area contributed by atoms with Gasteiger partial charge in [-0.3, -0.25) is 33.7 Å². The second-order valence-corrected chi connectivity index (χ2v) is 7.64. The Morgan fingerprint density at radius 2 is 1.18 bits per heavy atom. The summed E-state index contributed by atoms with van der Waals surface area (Å²) in [6.07, 6.45) is -7.26. The van der Waals surface area contributed by atoms with Crippen LogP contribution in [-0.2, 0) is 42.9 Å². The Bertz CT molecular complexity index is 1000. The van der Waals surface area contributed by atoms with Gasteiger partial charge in [-0.2, -0.15) is 0 Å². The fraction of sp³-hybridized carbons (Fsp3) is 0.455. The van der Waals surface area contributed by atoms with Crippen molar-refractivity contribution in [3.05, 3.63) is 35.4 Å². The van der Waals surface area contributed by atoms with Crippen LogP contribution in [0.2, 0.25) is 0 Å². The first-order valence-corrected chi connectivity index (χ1v) is 10.3.